The number of aromatic nitrogens is 1. The number of aryl methyl sites for hydroxylation is 1. The van der Waals surface area contributed by atoms with Gasteiger partial charge in [0.15, 0.2) is 16.3 Å². The Morgan fingerprint density at radius 3 is 2.57 bits per heavy atom. The number of non-ortho nitro benzene ring substituents is 1. The monoisotopic (exact) mass is 589 g/mol. The summed E-state index contributed by atoms with van der Waals surface area (Å²) >= 11 is 1.15. The molecule has 0 saturated carbocycles. The van der Waals surface area contributed by atoms with Crippen LogP contribution in [0, 0.1) is 17.0 Å². The molecule has 0 radical (unpaired) electrons. The van der Waals surface area contributed by atoms with E-state index >= 15 is 0 Å². The van der Waals surface area contributed by atoms with Gasteiger partial charge in [0.1, 0.15) is 11.5 Å². The number of hydrogen-bond acceptors (Lipinski definition) is 10. The van der Waals surface area contributed by atoms with Gasteiger partial charge < -0.3 is 18.6 Å². The van der Waals surface area contributed by atoms with Crippen molar-refractivity contribution in [1.82, 2.24) is 4.57 Å². The standard InChI is InChI=1S/C30H27N3O8S/c1-6-40-29(35)26-17(3)31-30-32(27(26)18-8-11-23(38-4)24(13-18)39-5)28(34)25(42-30)15-20-10-12-22(41-20)21-14-19(33(36)37)9-7-16(21)2/h7-15,27H,6H2,1-5H3/b25-15+/t27-/m0/s1. The molecule has 2 aromatic heterocycles. The number of carbonyl (C=O) groups is 1. The first kappa shape index (κ1) is 28.6. The van der Waals surface area contributed by atoms with E-state index in [1.807, 2.05) is 6.92 Å². The Morgan fingerprint density at radius 1 is 1.12 bits per heavy atom. The Kier molecular flexibility index (Phi) is 7.81. The van der Waals surface area contributed by atoms with Crippen LogP contribution in [-0.4, -0.2) is 36.3 Å². The zero-order chi connectivity index (χ0) is 30.1. The molecule has 42 heavy (non-hydrogen) atoms. The van der Waals surface area contributed by atoms with Crippen LogP contribution < -0.4 is 24.4 Å². The van der Waals surface area contributed by atoms with Crippen molar-refractivity contribution in [3.63, 3.8) is 0 Å². The van der Waals surface area contributed by atoms with Crippen molar-refractivity contribution in [2.75, 3.05) is 20.8 Å². The van der Waals surface area contributed by atoms with E-state index in [1.54, 1.807) is 56.3 Å². The third-order valence-corrected chi connectivity index (χ3v) is 7.82. The fraction of sp³-hybridized carbons (Fsp3) is 0.233. The Labute approximate surface area is 243 Å². The van der Waals surface area contributed by atoms with Gasteiger partial charge in [-0.3, -0.25) is 19.5 Å². The lowest BCUT2D eigenvalue weighted by atomic mass is 9.95. The number of furan rings is 1. The zero-order valence-corrected chi connectivity index (χ0v) is 24.3. The molecule has 0 aliphatic carbocycles. The second-order valence-electron chi connectivity index (χ2n) is 9.38. The largest absolute Gasteiger partial charge is 0.493 e. The van der Waals surface area contributed by atoms with Crippen LogP contribution in [0.1, 0.15) is 36.8 Å². The van der Waals surface area contributed by atoms with Crippen molar-refractivity contribution < 1.29 is 28.3 Å². The van der Waals surface area contributed by atoms with Crippen LogP contribution >= 0.6 is 11.3 Å². The highest BCUT2D eigenvalue weighted by molar-refractivity contribution is 7.07. The Morgan fingerprint density at radius 2 is 1.88 bits per heavy atom. The van der Waals surface area contributed by atoms with Gasteiger partial charge in [-0.1, -0.05) is 23.5 Å². The first-order chi connectivity index (χ1) is 20.2. The highest BCUT2D eigenvalue weighted by atomic mass is 32.1. The lowest BCUT2D eigenvalue weighted by Gasteiger charge is -2.25. The van der Waals surface area contributed by atoms with Crippen LogP contribution in [0.4, 0.5) is 5.69 Å². The van der Waals surface area contributed by atoms with Crippen LogP contribution in [0.15, 0.2) is 74.0 Å². The van der Waals surface area contributed by atoms with Crippen molar-refractivity contribution in [3.8, 4) is 22.8 Å². The van der Waals surface area contributed by atoms with E-state index in [2.05, 4.69) is 4.99 Å². The molecule has 1 aliphatic heterocycles. The van der Waals surface area contributed by atoms with Crippen LogP contribution in [0.5, 0.6) is 11.5 Å². The molecule has 11 nitrogen and oxygen atoms in total. The Balaban J connectivity index is 1.65. The van der Waals surface area contributed by atoms with Gasteiger partial charge in [-0.25, -0.2) is 9.79 Å². The Hall–Kier alpha value is -4.97. The lowest BCUT2D eigenvalue weighted by Crippen LogP contribution is -2.39. The predicted molar refractivity (Wildman–Crippen MR) is 155 cm³/mol. The van der Waals surface area contributed by atoms with Crippen molar-refractivity contribution in [3.05, 3.63) is 106 Å². The molecule has 0 saturated heterocycles. The molecule has 1 aliphatic rings. The number of esters is 1. The van der Waals surface area contributed by atoms with E-state index in [9.17, 15) is 19.7 Å². The average molecular weight is 590 g/mol. The van der Waals surface area contributed by atoms with Crippen molar-refractivity contribution in [2.45, 2.75) is 26.8 Å². The van der Waals surface area contributed by atoms with Gasteiger partial charge in [0.05, 0.1) is 47.6 Å². The highest BCUT2D eigenvalue weighted by Crippen LogP contribution is 2.36. The molecule has 0 amide bonds. The summed E-state index contributed by atoms with van der Waals surface area (Å²) in [6.07, 6.45) is 1.59. The number of fused-ring (bicyclic) bond motifs is 1. The third kappa shape index (κ3) is 5.12. The van der Waals surface area contributed by atoms with E-state index in [-0.39, 0.29) is 23.4 Å². The summed E-state index contributed by atoms with van der Waals surface area (Å²) < 4.78 is 24.0. The number of benzene rings is 2. The fourth-order valence-electron chi connectivity index (χ4n) is 4.82. The van der Waals surface area contributed by atoms with Gasteiger partial charge in [0.25, 0.3) is 11.2 Å². The maximum atomic E-state index is 13.9. The zero-order valence-electron chi connectivity index (χ0n) is 23.5. The normalized spacial score (nSPS) is 14.8. The van der Waals surface area contributed by atoms with Gasteiger partial charge in [0.2, 0.25) is 0 Å². The predicted octanol–water partition coefficient (Wildman–Crippen LogP) is 4.29. The number of nitro groups is 1. The topological polar surface area (TPSA) is 135 Å². The number of thiazole rings is 1. The quantitative estimate of drug-likeness (QED) is 0.169. The third-order valence-electron chi connectivity index (χ3n) is 6.84. The van der Waals surface area contributed by atoms with E-state index in [4.69, 9.17) is 18.6 Å². The summed E-state index contributed by atoms with van der Waals surface area (Å²) in [5.41, 5.74) is 2.24. The average Bonchev–Trinajstić information content (AvgIpc) is 3.56. The minimum absolute atomic E-state index is 0.0511. The molecule has 1 atom stereocenters. The molecule has 2 aromatic carbocycles. The fourth-order valence-corrected chi connectivity index (χ4v) is 5.85. The minimum atomic E-state index is -0.832. The first-order valence-electron chi connectivity index (χ1n) is 12.9. The number of nitro benzene ring substituents is 1. The number of methoxy groups -OCH3 is 2. The Bertz CT molecular complexity index is 1930. The molecule has 0 bridgehead atoms. The number of hydrogen-bond donors (Lipinski definition) is 0. The SMILES string of the molecule is CCOC(=O)C1=C(C)N=c2s/c(=C/c3ccc(-c4cc([N+](=O)[O-])ccc4C)o3)c(=O)n2[C@H]1c1ccc(OC)c(OC)c1. The molecule has 0 unspecified atom stereocenters. The summed E-state index contributed by atoms with van der Waals surface area (Å²) in [7, 11) is 3.03. The number of rotatable bonds is 8. The molecule has 12 heteroatoms. The van der Waals surface area contributed by atoms with Crippen LogP contribution in [-0.2, 0) is 9.53 Å². The van der Waals surface area contributed by atoms with Gasteiger partial charge in [-0.2, -0.15) is 0 Å². The van der Waals surface area contributed by atoms with Crippen LogP contribution in [0.25, 0.3) is 17.4 Å². The summed E-state index contributed by atoms with van der Waals surface area (Å²) in [6.45, 7) is 5.40. The van der Waals surface area contributed by atoms with Crippen molar-refractivity contribution in [2.24, 2.45) is 4.99 Å². The lowest BCUT2D eigenvalue weighted by molar-refractivity contribution is -0.384. The smallest absolute Gasteiger partial charge is 0.338 e. The molecular weight excluding hydrogens is 562 g/mol. The number of carbonyl (C=O) groups excluding carboxylic acids is 1. The molecular formula is C30H27N3O8S. The molecule has 3 heterocycles. The summed E-state index contributed by atoms with van der Waals surface area (Å²) in [4.78, 5) is 42.8. The summed E-state index contributed by atoms with van der Waals surface area (Å²) in [5.74, 6) is 1.18. The van der Waals surface area contributed by atoms with Gasteiger partial charge >= 0.3 is 5.97 Å². The van der Waals surface area contributed by atoms with Gasteiger partial charge in [-0.05, 0) is 56.2 Å². The maximum Gasteiger partial charge on any atom is 0.338 e. The van der Waals surface area contributed by atoms with Gasteiger partial charge in [-0.15, -0.1) is 0 Å². The van der Waals surface area contributed by atoms with Crippen molar-refractivity contribution >= 4 is 29.1 Å². The number of ether oxygens (including phenoxy) is 3. The van der Waals surface area contributed by atoms with Crippen LogP contribution in [0.3, 0.4) is 0 Å². The van der Waals surface area contributed by atoms with Crippen LogP contribution in [0.2, 0.25) is 0 Å². The van der Waals surface area contributed by atoms with E-state index in [0.717, 1.165) is 16.9 Å². The second kappa shape index (κ2) is 11.5. The minimum Gasteiger partial charge on any atom is -0.493 e. The molecule has 4 aromatic rings. The van der Waals surface area contributed by atoms with E-state index < -0.39 is 16.9 Å². The van der Waals surface area contributed by atoms with E-state index in [0.29, 0.717) is 49.2 Å². The molecule has 0 fully saturated rings. The first-order valence-corrected chi connectivity index (χ1v) is 13.7. The molecule has 0 spiro atoms. The summed E-state index contributed by atoms with van der Waals surface area (Å²) in [5, 5.41) is 11.3. The summed E-state index contributed by atoms with van der Waals surface area (Å²) in [6, 6.07) is 12.3. The molecule has 5 rings (SSSR count). The second-order valence-corrected chi connectivity index (χ2v) is 10.4. The maximum absolute atomic E-state index is 13.9. The number of allylic oxidation sites excluding steroid dienone is 1. The van der Waals surface area contributed by atoms with Crippen molar-refractivity contribution in [1.29, 1.82) is 0 Å². The molecule has 0 N–H and O–H groups in total. The van der Waals surface area contributed by atoms with E-state index in [1.165, 1.54) is 30.9 Å². The molecule has 216 valence electrons. The number of nitrogens with zero attached hydrogens (tertiary/aromatic N) is 3. The van der Waals surface area contributed by atoms with Gasteiger partial charge in [0, 0.05) is 23.8 Å². The highest BCUT2D eigenvalue weighted by Gasteiger charge is 2.34.